The van der Waals surface area contributed by atoms with Crippen molar-refractivity contribution >= 4 is 0 Å². The Morgan fingerprint density at radius 2 is 1.85 bits per heavy atom. The smallest absolute Gasteiger partial charge is 0.0201 e. The molecule has 2 heteroatoms. The van der Waals surface area contributed by atoms with Crippen LogP contribution in [-0.4, -0.2) is 37.6 Å². The second kappa shape index (κ2) is 6.73. The third-order valence-electron chi connectivity index (χ3n) is 5.07. The van der Waals surface area contributed by atoms with Crippen LogP contribution in [0.3, 0.4) is 0 Å². The van der Waals surface area contributed by atoms with Gasteiger partial charge in [0.15, 0.2) is 0 Å². The number of likely N-dealkylation sites (N-methyl/N-ethyl adjacent to an activating group) is 1. The van der Waals surface area contributed by atoms with Gasteiger partial charge >= 0.3 is 0 Å². The standard InChI is InChI=1S/C18H28N2/c1-20-13-17(16-9-3-2-4-10-16)11-18(14-20)19-12-15-7-5-6-8-15/h2-4,9-10,15,17-19H,5-8,11-14H2,1H3. The van der Waals surface area contributed by atoms with Crippen LogP contribution in [0.2, 0.25) is 0 Å². The highest BCUT2D eigenvalue weighted by molar-refractivity contribution is 5.21. The van der Waals surface area contributed by atoms with Crippen LogP contribution in [0, 0.1) is 5.92 Å². The van der Waals surface area contributed by atoms with Crippen molar-refractivity contribution in [2.24, 2.45) is 5.92 Å². The number of nitrogens with one attached hydrogen (secondary N) is 1. The average molecular weight is 272 g/mol. The summed E-state index contributed by atoms with van der Waals surface area (Å²) >= 11 is 0. The Balaban J connectivity index is 1.55. The number of hydrogen-bond acceptors (Lipinski definition) is 2. The minimum Gasteiger partial charge on any atom is -0.312 e. The van der Waals surface area contributed by atoms with E-state index < -0.39 is 0 Å². The molecule has 0 bridgehead atoms. The van der Waals surface area contributed by atoms with E-state index in [4.69, 9.17) is 0 Å². The molecule has 1 heterocycles. The zero-order chi connectivity index (χ0) is 13.8. The Bertz CT molecular complexity index is 397. The van der Waals surface area contributed by atoms with Crippen LogP contribution in [0.1, 0.15) is 43.6 Å². The van der Waals surface area contributed by atoms with Crippen LogP contribution in [0.5, 0.6) is 0 Å². The quantitative estimate of drug-likeness (QED) is 0.905. The number of rotatable bonds is 4. The van der Waals surface area contributed by atoms with E-state index in [0.717, 1.165) is 5.92 Å². The van der Waals surface area contributed by atoms with Crippen LogP contribution in [0.25, 0.3) is 0 Å². The van der Waals surface area contributed by atoms with Crippen LogP contribution in [0.4, 0.5) is 0 Å². The molecule has 1 saturated heterocycles. The molecule has 20 heavy (non-hydrogen) atoms. The minimum absolute atomic E-state index is 0.666. The van der Waals surface area contributed by atoms with E-state index in [1.54, 1.807) is 0 Å². The minimum atomic E-state index is 0.666. The highest BCUT2D eigenvalue weighted by atomic mass is 15.1. The van der Waals surface area contributed by atoms with Gasteiger partial charge in [-0.25, -0.2) is 0 Å². The molecule has 110 valence electrons. The second-order valence-corrected chi connectivity index (χ2v) is 6.82. The monoisotopic (exact) mass is 272 g/mol. The van der Waals surface area contributed by atoms with Crippen molar-refractivity contribution in [2.75, 3.05) is 26.7 Å². The molecular formula is C18H28N2. The lowest BCUT2D eigenvalue weighted by Crippen LogP contribution is -2.47. The molecule has 1 aromatic rings. The lowest BCUT2D eigenvalue weighted by Gasteiger charge is -2.37. The molecule has 2 fully saturated rings. The van der Waals surface area contributed by atoms with Gasteiger partial charge in [0.2, 0.25) is 0 Å². The first-order chi connectivity index (χ1) is 9.81. The van der Waals surface area contributed by atoms with Crippen LogP contribution in [0.15, 0.2) is 30.3 Å². The van der Waals surface area contributed by atoms with Gasteiger partial charge < -0.3 is 10.2 Å². The zero-order valence-corrected chi connectivity index (χ0v) is 12.7. The van der Waals surface area contributed by atoms with Gasteiger partial charge in [-0.3, -0.25) is 0 Å². The van der Waals surface area contributed by atoms with Gasteiger partial charge in [-0.2, -0.15) is 0 Å². The molecule has 2 nitrogen and oxygen atoms in total. The number of nitrogens with zero attached hydrogens (tertiary/aromatic N) is 1. The summed E-state index contributed by atoms with van der Waals surface area (Å²) in [4.78, 5) is 2.49. The first-order valence-electron chi connectivity index (χ1n) is 8.28. The fourth-order valence-corrected chi connectivity index (χ4v) is 3.98. The number of piperidine rings is 1. The van der Waals surface area contributed by atoms with Gasteiger partial charge in [0.1, 0.15) is 0 Å². The van der Waals surface area contributed by atoms with Gasteiger partial charge in [0.25, 0.3) is 0 Å². The molecule has 0 radical (unpaired) electrons. The van der Waals surface area contributed by atoms with Crippen molar-refractivity contribution in [3.63, 3.8) is 0 Å². The predicted octanol–water partition coefficient (Wildman–Crippen LogP) is 3.25. The summed E-state index contributed by atoms with van der Waals surface area (Å²) in [7, 11) is 2.26. The number of benzene rings is 1. The van der Waals surface area contributed by atoms with E-state index in [1.807, 2.05) is 0 Å². The van der Waals surface area contributed by atoms with E-state index >= 15 is 0 Å². The Kier molecular flexibility index (Phi) is 4.74. The van der Waals surface area contributed by atoms with Gasteiger partial charge in [0.05, 0.1) is 0 Å². The van der Waals surface area contributed by atoms with Crippen LogP contribution >= 0.6 is 0 Å². The van der Waals surface area contributed by atoms with E-state index in [-0.39, 0.29) is 0 Å². The molecular weight excluding hydrogens is 244 g/mol. The summed E-state index contributed by atoms with van der Waals surface area (Å²) in [6.45, 7) is 3.64. The molecule has 2 atom stereocenters. The zero-order valence-electron chi connectivity index (χ0n) is 12.7. The molecule has 3 rings (SSSR count). The maximum atomic E-state index is 3.85. The Morgan fingerprint density at radius 1 is 1.10 bits per heavy atom. The average Bonchev–Trinajstić information content (AvgIpc) is 2.99. The fourth-order valence-electron chi connectivity index (χ4n) is 3.98. The summed E-state index contributed by atoms with van der Waals surface area (Å²) in [5, 5.41) is 3.85. The largest absolute Gasteiger partial charge is 0.312 e. The van der Waals surface area contributed by atoms with Crippen LogP contribution < -0.4 is 5.32 Å². The van der Waals surface area contributed by atoms with Crippen molar-refractivity contribution in [1.29, 1.82) is 0 Å². The number of likely N-dealkylation sites (tertiary alicyclic amines) is 1. The van der Waals surface area contributed by atoms with Gasteiger partial charge in [-0.15, -0.1) is 0 Å². The third-order valence-corrected chi connectivity index (χ3v) is 5.07. The summed E-state index contributed by atoms with van der Waals surface area (Å²) in [6, 6.07) is 11.7. The van der Waals surface area contributed by atoms with E-state index in [9.17, 15) is 0 Å². The molecule has 2 aliphatic rings. The van der Waals surface area contributed by atoms with E-state index in [0.29, 0.717) is 12.0 Å². The highest BCUT2D eigenvalue weighted by Gasteiger charge is 2.26. The van der Waals surface area contributed by atoms with E-state index in [1.165, 1.54) is 57.3 Å². The SMILES string of the molecule is CN1CC(NCC2CCCC2)CC(c2ccccc2)C1. The van der Waals surface area contributed by atoms with Crippen molar-refractivity contribution in [2.45, 2.75) is 44.1 Å². The highest BCUT2D eigenvalue weighted by Crippen LogP contribution is 2.27. The molecule has 1 aliphatic carbocycles. The van der Waals surface area contributed by atoms with Gasteiger partial charge in [0, 0.05) is 19.1 Å². The maximum absolute atomic E-state index is 3.85. The number of hydrogen-bond donors (Lipinski definition) is 1. The van der Waals surface area contributed by atoms with Crippen LogP contribution in [-0.2, 0) is 0 Å². The Morgan fingerprint density at radius 3 is 2.60 bits per heavy atom. The molecule has 1 saturated carbocycles. The summed E-state index contributed by atoms with van der Waals surface area (Å²) in [6.07, 6.45) is 7.07. The predicted molar refractivity (Wildman–Crippen MR) is 85.0 cm³/mol. The first kappa shape index (κ1) is 14.1. The first-order valence-corrected chi connectivity index (χ1v) is 8.28. The molecule has 1 aliphatic heterocycles. The Hall–Kier alpha value is -0.860. The fraction of sp³-hybridized carbons (Fsp3) is 0.667. The molecule has 0 amide bonds. The summed E-state index contributed by atoms with van der Waals surface area (Å²) in [5.41, 5.74) is 1.51. The topological polar surface area (TPSA) is 15.3 Å². The molecule has 0 spiro atoms. The molecule has 0 aromatic heterocycles. The molecule has 1 aromatic carbocycles. The normalized spacial score (nSPS) is 28.9. The maximum Gasteiger partial charge on any atom is 0.0201 e. The van der Waals surface area contributed by atoms with Crippen molar-refractivity contribution < 1.29 is 0 Å². The Labute approximate surface area is 123 Å². The lowest BCUT2D eigenvalue weighted by atomic mass is 9.88. The van der Waals surface area contributed by atoms with Gasteiger partial charge in [-0.1, -0.05) is 43.2 Å². The second-order valence-electron chi connectivity index (χ2n) is 6.82. The third kappa shape index (κ3) is 3.62. The molecule has 1 N–H and O–H groups in total. The van der Waals surface area contributed by atoms with E-state index in [2.05, 4.69) is 47.6 Å². The lowest BCUT2D eigenvalue weighted by molar-refractivity contribution is 0.200. The van der Waals surface area contributed by atoms with Crippen molar-refractivity contribution in [3.05, 3.63) is 35.9 Å². The van der Waals surface area contributed by atoms with Crippen molar-refractivity contribution in [1.82, 2.24) is 10.2 Å². The van der Waals surface area contributed by atoms with Crippen molar-refractivity contribution in [3.8, 4) is 0 Å². The summed E-state index contributed by atoms with van der Waals surface area (Å²) in [5.74, 6) is 1.63. The molecule has 2 unspecified atom stereocenters. The summed E-state index contributed by atoms with van der Waals surface area (Å²) < 4.78 is 0. The van der Waals surface area contributed by atoms with Gasteiger partial charge in [-0.05, 0) is 50.3 Å².